The quantitative estimate of drug-likeness (QED) is 0.913. The number of hydrogen-bond acceptors (Lipinski definition) is 3. The summed E-state index contributed by atoms with van der Waals surface area (Å²) in [5, 5.41) is 3.15. The molecule has 0 spiro atoms. The van der Waals surface area contributed by atoms with Crippen molar-refractivity contribution in [2.75, 3.05) is 20.2 Å². The molecule has 2 aliphatic rings. The summed E-state index contributed by atoms with van der Waals surface area (Å²) in [5.74, 6) is 0.803. The second kappa shape index (κ2) is 5.83. The van der Waals surface area contributed by atoms with Gasteiger partial charge in [0.15, 0.2) is 0 Å². The van der Waals surface area contributed by atoms with Gasteiger partial charge in [-0.3, -0.25) is 4.79 Å². The molecule has 4 heteroatoms. The van der Waals surface area contributed by atoms with Crippen LogP contribution in [-0.2, 0) is 0 Å². The van der Waals surface area contributed by atoms with Crippen molar-refractivity contribution in [3.05, 3.63) is 29.8 Å². The van der Waals surface area contributed by atoms with E-state index in [1.165, 1.54) is 12.8 Å². The van der Waals surface area contributed by atoms with E-state index in [2.05, 4.69) is 10.2 Å². The van der Waals surface area contributed by atoms with Crippen molar-refractivity contribution in [2.24, 2.45) is 0 Å². The van der Waals surface area contributed by atoms with Gasteiger partial charge < -0.3 is 15.0 Å². The summed E-state index contributed by atoms with van der Waals surface area (Å²) in [6, 6.07) is 8.43. The smallest absolute Gasteiger partial charge is 0.251 e. The molecular formula is C16H22N2O2. The molecule has 1 saturated heterocycles. The minimum Gasteiger partial charge on any atom is -0.497 e. The topological polar surface area (TPSA) is 41.6 Å². The Morgan fingerprint density at radius 2 is 1.80 bits per heavy atom. The van der Waals surface area contributed by atoms with E-state index in [-0.39, 0.29) is 5.91 Å². The Bertz CT molecular complexity index is 460. The Balaban J connectivity index is 1.50. The van der Waals surface area contributed by atoms with Crippen LogP contribution in [0.25, 0.3) is 0 Å². The highest BCUT2D eigenvalue weighted by atomic mass is 16.5. The Morgan fingerprint density at radius 3 is 2.35 bits per heavy atom. The number of nitrogens with zero attached hydrogens (tertiary/aromatic N) is 1. The van der Waals surface area contributed by atoms with Crippen molar-refractivity contribution in [1.82, 2.24) is 10.2 Å². The highest BCUT2D eigenvalue weighted by molar-refractivity contribution is 5.94. The zero-order valence-corrected chi connectivity index (χ0v) is 12.0. The molecule has 0 unspecified atom stereocenters. The molecule has 1 heterocycles. The summed E-state index contributed by atoms with van der Waals surface area (Å²) >= 11 is 0. The molecule has 108 valence electrons. The molecule has 0 aromatic heterocycles. The normalized spacial score (nSPS) is 20.6. The highest BCUT2D eigenvalue weighted by Crippen LogP contribution is 2.29. The molecular weight excluding hydrogens is 252 g/mol. The average Bonchev–Trinajstić information content (AvgIpc) is 3.33. The second-order valence-electron chi connectivity index (χ2n) is 5.74. The average molecular weight is 274 g/mol. The van der Waals surface area contributed by atoms with Crippen LogP contribution in [0.4, 0.5) is 0 Å². The number of rotatable bonds is 4. The van der Waals surface area contributed by atoms with Crippen molar-refractivity contribution < 1.29 is 9.53 Å². The van der Waals surface area contributed by atoms with Gasteiger partial charge in [0.1, 0.15) is 5.75 Å². The van der Waals surface area contributed by atoms with Gasteiger partial charge in [-0.25, -0.2) is 0 Å². The maximum Gasteiger partial charge on any atom is 0.251 e. The fourth-order valence-corrected chi connectivity index (χ4v) is 2.86. The third-order valence-corrected chi connectivity index (χ3v) is 4.28. The van der Waals surface area contributed by atoms with E-state index in [0.717, 1.165) is 37.7 Å². The van der Waals surface area contributed by atoms with Crippen LogP contribution in [0.2, 0.25) is 0 Å². The molecule has 20 heavy (non-hydrogen) atoms. The number of likely N-dealkylation sites (tertiary alicyclic amines) is 1. The van der Waals surface area contributed by atoms with E-state index >= 15 is 0 Å². The first kappa shape index (κ1) is 13.4. The van der Waals surface area contributed by atoms with Gasteiger partial charge >= 0.3 is 0 Å². The van der Waals surface area contributed by atoms with Crippen LogP contribution >= 0.6 is 0 Å². The molecule has 4 nitrogen and oxygen atoms in total. The van der Waals surface area contributed by atoms with Crippen molar-refractivity contribution in [3.63, 3.8) is 0 Å². The number of amides is 1. The molecule has 2 fully saturated rings. The lowest BCUT2D eigenvalue weighted by atomic mass is 10.0. The van der Waals surface area contributed by atoms with Crippen LogP contribution in [0.15, 0.2) is 24.3 Å². The lowest BCUT2D eigenvalue weighted by molar-refractivity contribution is 0.0909. The Labute approximate surface area is 120 Å². The lowest BCUT2D eigenvalue weighted by Gasteiger charge is -2.32. The first-order chi connectivity index (χ1) is 9.76. The van der Waals surface area contributed by atoms with Crippen LogP contribution in [0.1, 0.15) is 36.0 Å². The van der Waals surface area contributed by atoms with E-state index in [1.807, 2.05) is 24.3 Å². The molecule has 1 N–H and O–H groups in total. The number of nitrogens with one attached hydrogen (secondary N) is 1. The van der Waals surface area contributed by atoms with Crippen LogP contribution in [0, 0.1) is 0 Å². The number of methoxy groups -OCH3 is 1. The molecule has 1 amide bonds. The summed E-state index contributed by atoms with van der Waals surface area (Å²) in [5.41, 5.74) is 0.704. The number of ether oxygens (including phenoxy) is 1. The predicted octanol–water partition coefficient (Wildman–Crippen LogP) is 2.05. The molecule has 1 saturated carbocycles. The summed E-state index contributed by atoms with van der Waals surface area (Å²) in [6.45, 7) is 2.25. The number of hydrogen-bond donors (Lipinski definition) is 1. The van der Waals surface area contributed by atoms with E-state index in [9.17, 15) is 4.79 Å². The van der Waals surface area contributed by atoms with Crippen molar-refractivity contribution in [3.8, 4) is 5.75 Å². The molecule has 1 aromatic rings. The molecule has 0 bridgehead atoms. The largest absolute Gasteiger partial charge is 0.497 e. The first-order valence-corrected chi connectivity index (χ1v) is 7.45. The Hall–Kier alpha value is -1.55. The Morgan fingerprint density at radius 1 is 1.15 bits per heavy atom. The number of benzene rings is 1. The summed E-state index contributed by atoms with van der Waals surface area (Å²) in [6.07, 6.45) is 4.86. The molecule has 1 aromatic carbocycles. The molecule has 0 radical (unpaired) electrons. The summed E-state index contributed by atoms with van der Waals surface area (Å²) < 4.78 is 5.10. The van der Waals surface area contributed by atoms with Crippen LogP contribution in [0.3, 0.4) is 0 Å². The Kier molecular flexibility index (Phi) is 3.92. The fraction of sp³-hybridized carbons (Fsp3) is 0.562. The van der Waals surface area contributed by atoms with Gasteiger partial charge in [0.05, 0.1) is 7.11 Å². The molecule has 1 aliphatic heterocycles. The van der Waals surface area contributed by atoms with Crippen LogP contribution in [0.5, 0.6) is 5.75 Å². The van der Waals surface area contributed by atoms with E-state index in [1.54, 1.807) is 7.11 Å². The third-order valence-electron chi connectivity index (χ3n) is 4.28. The standard InChI is InChI=1S/C16H22N2O2/c1-20-15-6-2-12(3-7-15)16(19)17-13-8-10-18(11-9-13)14-4-5-14/h2-3,6-7,13-14H,4-5,8-11H2,1H3,(H,17,19). The number of piperidine rings is 1. The van der Waals surface area contributed by atoms with Crippen molar-refractivity contribution in [2.45, 2.75) is 37.8 Å². The monoisotopic (exact) mass is 274 g/mol. The number of carbonyl (C=O) groups is 1. The zero-order valence-electron chi connectivity index (χ0n) is 12.0. The minimum absolute atomic E-state index is 0.0255. The van der Waals surface area contributed by atoms with E-state index in [4.69, 9.17) is 4.74 Å². The van der Waals surface area contributed by atoms with Gasteiger partial charge in [0, 0.05) is 30.7 Å². The zero-order chi connectivity index (χ0) is 13.9. The predicted molar refractivity (Wildman–Crippen MR) is 78.1 cm³/mol. The van der Waals surface area contributed by atoms with E-state index in [0.29, 0.717) is 11.6 Å². The minimum atomic E-state index is 0.0255. The maximum absolute atomic E-state index is 12.2. The SMILES string of the molecule is COc1ccc(C(=O)NC2CCN(C3CC3)CC2)cc1. The van der Waals surface area contributed by atoms with Crippen molar-refractivity contribution >= 4 is 5.91 Å². The van der Waals surface area contributed by atoms with Gasteiger partial charge in [-0.1, -0.05) is 0 Å². The van der Waals surface area contributed by atoms with Crippen LogP contribution in [-0.4, -0.2) is 43.1 Å². The van der Waals surface area contributed by atoms with Crippen LogP contribution < -0.4 is 10.1 Å². The third kappa shape index (κ3) is 3.12. The maximum atomic E-state index is 12.2. The number of carbonyl (C=O) groups excluding carboxylic acids is 1. The van der Waals surface area contributed by atoms with E-state index < -0.39 is 0 Å². The van der Waals surface area contributed by atoms with Gasteiger partial charge in [0.2, 0.25) is 0 Å². The molecule has 1 aliphatic carbocycles. The highest BCUT2D eigenvalue weighted by Gasteiger charge is 2.32. The van der Waals surface area contributed by atoms with Crippen molar-refractivity contribution in [1.29, 1.82) is 0 Å². The van der Waals surface area contributed by atoms with Gasteiger partial charge in [-0.15, -0.1) is 0 Å². The fourth-order valence-electron chi connectivity index (χ4n) is 2.86. The first-order valence-electron chi connectivity index (χ1n) is 7.45. The molecule has 3 rings (SSSR count). The summed E-state index contributed by atoms with van der Waals surface area (Å²) in [4.78, 5) is 14.7. The van der Waals surface area contributed by atoms with Gasteiger partial charge in [-0.05, 0) is 49.9 Å². The summed E-state index contributed by atoms with van der Waals surface area (Å²) in [7, 11) is 1.63. The molecule has 0 atom stereocenters. The van der Waals surface area contributed by atoms with Gasteiger partial charge in [-0.2, -0.15) is 0 Å². The van der Waals surface area contributed by atoms with Gasteiger partial charge in [0.25, 0.3) is 5.91 Å². The lowest BCUT2D eigenvalue weighted by Crippen LogP contribution is -2.45. The second-order valence-corrected chi connectivity index (χ2v) is 5.74.